The topological polar surface area (TPSA) is 83.6 Å². The molecule has 0 amide bonds. The Balaban J connectivity index is 2.89. The number of hydrogen-bond donors (Lipinski definition) is 1. The predicted molar refractivity (Wildman–Crippen MR) is 62.8 cm³/mol. The Morgan fingerprint density at radius 3 is 2.53 bits per heavy atom. The fourth-order valence-electron chi connectivity index (χ4n) is 1.25. The molecule has 0 saturated carbocycles. The van der Waals surface area contributed by atoms with E-state index >= 15 is 0 Å². The highest BCUT2D eigenvalue weighted by molar-refractivity contribution is 7.88. The van der Waals surface area contributed by atoms with Crippen LogP contribution in [0.5, 0.6) is 0 Å². The lowest BCUT2D eigenvalue weighted by Gasteiger charge is -2.32. The van der Waals surface area contributed by atoms with Crippen LogP contribution in [-0.4, -0.2) is 42.2 Å². The standard InChI is InChI=1S/C10H18N2O4S/c1-8-5-9(11-16-8)6-17(14,15)12(4)10(2,3)7-13/h5,13H,6-7H2,1-4H3. The Morgan fingerprint density at radius 1 is 1.53 bits per heavy atom. The summed E-state index contributed by atoms with van der Waals surface area (Å²) in [6, 6.07) is 1.58. The number of aryl methyl sites for hydroxylation is 1. The average molecular weight is 262 g/mol. The molecule has 0 aromatic carbocycles. The predicted octanol–water partition coefficient (Wildman–Crippen LogP) is 0.516. The van der Waals surface area contributed by atoms with E-state index < -0.39 is 15.6 Å². The third-order valence-electron chi connectivity index (χ3n) is 2.66. The number of sulfonamides is 1. The van der Waals surface area contributed by atoms with Crippen LogP contribution in [0.4, 0.5) is 0 Å². The molecular weight excluding hydrogens is 244 g/mol. The maximum Gasteiger partial charge on any atom is 0.220 e. The highest BCUT2D eigenvalue weighted by Crippen LogP contribution is 2.19. The van der Waals surface area contributed by atoms with Gasteiger partial charge in [-0.25, -0.2) is 8.42 Å². The summed E-state index contributed by atoms with van der Waals surface area (Å²) in [6.45, 7) is 4.75. The molecule has 0 atom stereocenters. The van der Waals surface area contributed by atoms with Gasteiger partial charge in [-0.15, -0.1) is 0 Å². The lowest BCUT2D eigenvalue weighted by Crippen LogP contribution is -2.47. The average Bonchev–Trinajstić information content (AvgIpc) is 2.62. The molecule has 1 aromatic heterocycles. The SMILES string of the molecule is Cc1cc(CS(=O)(=O)N(C)C(C)(C)CO)no1. The van der Waals surface area contributed by atoms with E-state index in [4.69, 9.17) is 9.63 Å². The molecule has 1 rings (SSSR count). The van der Waals surface area contributed by atoms with Crippen LogP contribution in [0.25, 0.3) is 0 Å². The van der Waals surface area contributed by atoms with Crippen molar-refractivity contribution in [3.8, 4) is 0 Å². The number of aliphatic hydroxyl groups excluding tert-OH is 1. The second-order valence-corrected chi connectivity index (χ2v) is 6.62. The molecule has 0 aliphatic rings. The highest BCUT2D eigenvalue weighted by Gasteiger charge is 2.32. The van der Waals surface area contributed by atoms with Gasteiger partial charge in [0.15, 0.2) is 0 Å². The first kappa shape index (κ1) is 14.1. The fourth-order valence-corrected chi connectivity index (χ4v) is 2.76. The summed E-state index contributed by atoms with van der Waals surface area (Å²) in [4.78, 5) is 0. The van der Waals surface area contributed by atoms with Crippen LogP contribution in [0.2, 0.25) is 0 Å². The summed E-state index contributed by atoms with van der Waals surface area (Å²) in [5.74, 6) is 0.337. The van der Waals surface area contributed by atoms with Gasteiger partial charge in [0.2, 0.25) is 10.0 Å². The van der Waals surface area contributed by atoms with Gasteiger partial charge < -0.3 is 9.63 Å². The number of likely N-dealkylation sites (N-methyl/N-ethyl adjacent to an activating group) is 1. The van der Waals surface area contributed by atoms with Gasteiger partial charge in [0.05, 0.1) is 12.1 Å². The molecule has 0 radical (unpaired) electrons. The first-order valence-corrected chi connectivity index (χ1v) is 6.80. The summed E-state index contributed by atoms with van der Waals surface area (Å²) < 4.78 is 30.1. The van der Waals surface area contributed by atoms with Crippen LogP contribution in [0.3, 0.4) is 0 Å². The molecule has 1 aromatic rings. The Labute approximate surface area is 101 Å². The normalized spacial score (nSPS) is 13.3. The number of hydrogen-bond acceptors (Lipinski definition) is 5. The van der Waals surface area contributed by atoms with Crippen molar-refractivity contribution in [2.75, 3.05) is 13.7 Å². The second-order valence-electron chi connectivity index (χ2n) is 4.62. The van der Waals surface area contributed by atoms with Gasteiger partial charge in [-0.05, 0) is 20.8 Å². The van der Waals surface area contributed by atoms with Gasteiger partial charge in [-0.3, -0.25) is 0 Å². The van der Waals surface area contributed by atoms with Crippen molar-refractivity contribution in [2.24, 2.45) is 0 Å². The lowest BCUT2D eigenvalue weighted by molar-refractivity contribution is 0.137. The van der Waals surface area contributed by atoms with Crippen LogP contribution in [0, 0.1) is 6.92 Å². The summed E-state index contributed by atoms with van der Waals surface area (Å²) in [6.07, 6.45) is 0. The molecule has 0 saturated heterocycles. The summed E-state index contributed by atoms with van der Waals surface area (Å²) >= 11 is 0. The molecule has 1 heterocycles. The fraction of sp³-hybridized carbons (Fsp3) is 0.700. The van der Waals surface area contributed by atoms with Crippen LogP contribution in [0.1, 0.15) is 25.3 Å². The Morgan fingerprint density at radius 2 is 2.12 bits per heavy atom. The molecule has 0 bridgehead atoms. The first-order chi connectivity index (χ1) is 7.69. The van der Waals surface area contributed by atoms with Gasteiger partial charge in [0.25, 0.3) is 0 Å². The van der Waals surface area contributed by atoms with Gasteiger partial charge in [0.1, 0.15) is 17.2 Å². The highest BCUT2D eigenvalue weighted by atomic mass is 32.2. The summed E-state index contributed by atoms with van der Waals surface area (Å²) in [7, 11) is -2.08. The molecule has 0 unspecified atom stereocenters. The Bertz CT molecular complexity index is 478. The monoisotopic (exact) mass is 262 g/mol. The lowest BCUT2D eigenvalue weighted by atomic mass is 10.1. The van der Waals surface area contributed by atoms with Crippen molar-refractivity contribution in [3.63, 3.8) is 0 Å². The molecule has 7 heteroatoms. The van der Waals surface area contributed by atoms with Crippen molar-refractivity contribution in [1.82, 2.24) is 9.46 Å². The van der Waals surface area contributed by atoms with E-state index in [-0.39, 0.29) is 12.4 Å². The minimum absolute atomic E-state index is 0.232. The zero-order valence-corrected chi connectivity index (χ0v) is 11.3. The second kappa shape index (κ2) is 4.75. The maximum atomic E-state index is 12.0. The molecule has 0 spiro atoms. The van der Waals surface area contributed by atoms with E-state index in [2.05, 4.69) is 5.16 Å². The van der Waals surface area contributed by atoms with Crippen molar-refractivity contribution in [1.29, 1.82) is 0 Å². The van der Waals surface area contributed by atoms with Gasteiger partial charge in [-0.1, -0.05) is 5.16 Å². The maximum absolute atomic E-state index is 12.0. The number of nitrogens with zero attached hydrogens (tertiary/aromatic N) is 2. The molecule has 0 aliphatic carbocycles. The first-order valence-electron chi connectivity index (χ1n) is 5.19. The largest absolute Gasteiger partial charge is 0.394 e. The molecular formula is C10H18N2O4S. The minimum Gasteiger partial charge on any atom is -0.394 e. The van der Waals surface area contributed by atoms with E-state index in [1.54, 1.807) is 26.8 Å². The van der Waals surface area contributed by atoms with Crippen molar-refractivity contribution in [3.05, 3.63) is 17.5 Å². The van der Waals surface area contributed by atoms with Gasteiger partial charge >= 0.3 is 0 Å². The zero-order valence-electron chi connectivity index (χ0n) is 10.5. The molecule has 0 fully saturated rings. The molecule has 98 valence electrons. The van der Waals surface area contributed by atoms with Crippen LogP contribution in [0.15, 0.2) is 10.6 Å². The van der Waals surface area contributed by atoms with E-state index in [1.165, 1.54) is 7.05 Å². The number of aromatic nitrogens is 1. The van der Waals surface area contributed by atoms with E-state index in [9.17, 15) is 8.42 Å². The third kappa shape index (κ3) is 3.27. The minimum atomic E-state index is -3.52. The van der Waals surface area contributed by atoms with Gasteiger partial charge in [0, 0.05) is 13.1 Å². The van der Waals surface area contributed by atoms with Crippen LogP contribution < -0.4 is 0 Å². The smallest absolute Gasteiger partial charge is 0.220 e. The van der Waals surface area contributed by atoms with E-state index in [0.29, 0.717) is 11.5 Å². The molecule has 17 heavy (non-hydrogen) atoms. The van der Waals surface area contributed by atoms with Crippen LogP contribution in [-0.2, 0) is 15.8 Å². The summed E-state index contributed by atoms with van der Waals surface area (Å²) in [5, 5.41) is 12.8. The van der Waals surface area contributed by atoms with Gasteiger partial charge in [-0.2, -0.15) is 4.31 Å². The quantitative estimate of drug-likeness (QED) is 0.836. The molecule has 0 aliphatic heterocycles. The van der Waals surface area contributed by atoms with Crippen molar-refractivity contribution in [2.45, 2.75) is 32.1 Å². The number of rotatable bonds is 5. The Hall–Kier alpha value is -0.920. The van der Waals surface area contributed by atoms with Crippen molar-refractivity contribution >= 4 is 10.0 Å². The molecule has 6 nitrogen and oxygen atoms in total. The van der Waals surface area contributed by atoms with Crippen molar-refractivity contribution < 1.29 is 18.0 Å². The third-order valence-corrected chi connectivity index (χ3v) is 4.65. The van der Waals surface area contributed by atoms with E-state index in [1.807, 2.05) is 0 Å². The summed E-state index contributed by atoms with van der Waals surface area (Å²) in [5.41, 5.74) is -0.472. The van der Waals surface area contributed by atoms with Crippen LogP contribution >= 0.6 is 0 Å². The molecule has 1 N–H and O–H groups in total. The zero-order chi connectivity index (χ0) is 13.3. The Kier molecular flexibility index (Phi) is 3.95. The van der Waals surface area contributed by atoms with E-state index in [0.717, 1.165) is 4.31 Å². The number of aliphatic hydroxyl groups is 1.